The molecule has 2 aromatic heterocycles. The zero-order chi connectivity index (χ0) is 25.1. The zero-order valence-corrected chi connectivity index (χ0v) is 21.3. The summed E-state index contributed by atoms with van der Waals surface area (Å²) in [6.07, 6.45) is 3.19. The van der Waals surface area contributed by atoms with Crippen molar-refractivity contribution in [2.45, 2.75) is 32.7 Å². The average Bonchev–Trinajstić information content (AvgIpc) is 2.86. The van der Waals surface area contributed by atoms with E-state index in [4.69, 9.17) is 4.98 Å². The molecule has 0 saturated carbocycles. The van der Waals surface area contributed by atoms with E-state index >= 15 is 0 Å². The maximum Gasteiger partial charge on any atom is 0.265 e. The lowest BCUT2D eigenvalue weighted by Gasteiger charge is -2.34. The molecule has 9 heteroatoms. The lowest BCUT2D eigenvalue weighted by Crippen LogP contribution is -2.44. The third-order valence-electron chi connectivity index (χ3n) is 6.71. The van der Waals surface area contributed by atoms with E-state index in [1.54, 1.807) is 30.9 Å². The van der Waals surface area contributed by atoms with E-state index in [-0.39, 0.29) is 24.5 Å². The summed E-state index contributed by atoms with van der Waals surface area (Å²) in [5, 5.41) is 3.94. The van der Waals surface area contributed by atoms with E-state index in [9.17, 15) is 9.59 Å². The number of likely N-dealkylation sites (N-methyl/N-ethyl adjacent to an activating group) is 1. The van der Waals surface area contributed by atoms with Crippen molar-refractivity contribution in [1.29, 1.82) is 0 Å². The van der Waals surface area contributed by atoms with Gasteiger partial charge in [0.25, 0.3) is 11.5 Å². The molecule has 3 aromatic rings. The second-order valence-corrected chi connectivity index (χ2v) is 9.34. The quantitative estimate of drug-likeness (QED) is 0.554. The Kier molecular flexibility index (Phi) is 7.35. The summed E-state index contributed by atoms with van der Waals surface area (Å²) in [7, 11) is 5.44. The molecule has 0 aliphatic carbocycles. The molecule has 1 fully saturated rings. The first-order valence-electron chi connectivity index (χ1n) is 12.3. The fourth-order valence-electron chi connectivity index (χ4n) is 4.52. The Bertz CT molecular complexity index is 1250. The average molecular weight is 480 g/mol. The minimum Gasteiger partial charge on any atom is -0.369 e. The Labute approximate surface area is 207 Å². The van der Waals surface area contributed by atoms with Gasteiger partial charge in [-0.1, -0.05) is 13.8 Å². The van der Waals surface area contributed by atoms with Crippen LogP contribution >= 0.6 is 0 Å². The molecular formula is C26H37N7O2. The van der Waals surface area contributed by atoms with Crippen LogP contribution in [0.2, 0.25) is 0 Å². The molecular weight excluding hydrogens is 442 g/mol. The fraction of sp³-hybridized carbons (Fsp3) is 0.462. The van der Waals surface area contributed by atoms with Gasteiger partial charge in [0.05, 0.1) is 0 Å². The number of amides is 1. The van der Waals surface area contributed by atoms with Crippen molar-refractivity contribution in [1.82, 2.24) is 24.3 Å². The van der Waals surface area contributed by atoms with Gasteiger partial charge in [-0.2, -0.15) is 4.98 Å². The Morgan fingerprint density at radius 1 is 1.11 bits per heavy atom. The third kappa shape index (κ3) is 5.14. The molecule has 0 atom stereocenters. The molecule has 3 heterocycles. The van der Waals surface area contributed by atoms with Crippen molar-refractivity contribution in [3.8, 4) is 0 Å². The zero-order valence-electron chi connectivity index (χ0n) is 21.3. The number of nitrogens with one attached hydrogen (secondary N) is 1. The van der Waals surface area contributed by atoms with Crippen LogP contribution in [0.5, 0.6) is 0 Å². The number of rotatable bonds is 7. The molecule has 0 radical (unpaired) electrons. The number of benzene rings is 1. The van der Waals surface area contributed by atoms with Gasteiger partial charge < -0.3 is 20.0 Å². The molecule has 0 spiro atoms. The van der Waals surface area contributed by atoms with Gasteiger partial charge in [0, 0.05) is 70.7 Å². The Hall–Kier alpha value is -3.46. The van der Waals surface area contributed by atoms with Crippen LogP contribution in [0, 0.1) is 0 Å². The van der Waals surface area contributed by atoms with Gasteiger partial charge in [-0.15, -0.1) is 0 Å². The molecule has 1 aliphatic rings. The number of hydrogen-bond donors (Lipinski definition) is 1. The third-order valence-corrected chi connectivity index (χ3v) is 6.71. The van der Waals surface area contributed by atoms with Gasteiger partial charge in [-0.3, -0.25) is 14.2 Å². The molecule has 0 bridgehead atoms. The van der Waals surface area contributed by atoms with Gasteiger partial charge in [0.2, 0.25) is 5.95 Å². The molecule has 0 unspecified atom stereocenters. The highest BCUT2D eigenvalue weighted by Gasteiger charge is 2.22. The van der Waals surface area contributed by atoms with Crippen molar-refractivity contribution in [2.24, 2.45) is 0 Å². The maximum absolute atomic E-state index is 13.4. The second-order valence-electron chi connectivity index (χ2n) is 9.34. The Balaban J connectivity index is 0.00000361. The summed E-state index contributed by atoms with van der Waals surface area (Å²) >= 11 is 0. The Morgan fingerprint density at radius 3 is 2.37 bits per heavy atom. The molecule has 1 amide bonds. The summed E-state index contributed by atoms with van der Waals surface area (Å²) in [5.74, 6) is 0.0925. The number of carbonyl (C=O) groups excluding carboxylic acids is 1. The van der Waals surface area contributed by atoms with Gasteiger partial charge in [0.1, 0.15) is 11.2 Å². The van der Waals surface area contributed by atoms with E-state index in [2.05, 4.69) is 39.3 Å². The van der Waals surface area contributed by atoms with Crippen LogP contribution in [0.1, 0.15) is 44.5 Å². The molecule has 1 saturated heterocycles. The van der Waals surface area contributed by atoms with Crippen molar-refractivity contribution in [2.75, 3.05) is 57.5 Å². The van der Waals surface area contributed by atoms with Crippen LogP contribution in [0.4, 0.5) is 17.3 Å². The fourth-order valence-corrected chi connectivity index (χ4v) is 4.52. The van der Waals surface area contributed by atoms with Gasteiger partial charge >= 0.3 is 0 Å². The van der Waals surface area contributed by atoms with Crippen molar-refractivity contribution >= 4 is 34.3 Å². The lowest BCUT2D eigenvalue weighted by molar-refractivity contribution is 0.0825. The minimum absolute atomic E-state index is 0. The van der Waals surface area contributed by atoms with Crippen LogP contribution in [0.3, 0.4) is 0 Å². The summed E-state index contributed by atoms with van der Waals surface area (Å²) in [5.41, 5.74) is 2.43. The summed E-state index contributed by atoms with van der Waals surface area (Å²) in [6.45, 7) is 8.23. The summed E-state index contributed by atoms with van der Waals surface area (Å²) < 4.78 is 1.66. The van der Waals surface area contributed by atoms with Crippen LogP contribution in [-0.4, -0.2) is 77.6 Å². The van der Waals surface area contributed by atoms with Gasteiger partial charge in [-0.25, -0.2) is 4.98 Å². The number of carbonyl (C=O) groups is 1. The van der Waals surface area contributed by atoms with Gasteiger partial charge in [-0.05, 0) is 50.2 Å². The smallest absolute Gasteiger partial charge is 0.265 e. The molecule has 4 rings (SSSR count). The van der Waals surface area contributed by atoms with E-state index in [1.165, 1.54) is 10.6 Å². The van der Waals surface area contributed by atoms with Crippen molar-refractivity contribution in [3.05, 3.63) is 52.4 Å². The number of nitrogens with zero attached hydrogens (tertiary/aromatic N) is 6. The molecule has 9 nitrogen and oxygen atoms in total. The molecule has 35 heavy (non-hydrogen) atoms. The SMILES string of the molecule is CCC(CC)n1c(=O)c(C(=O)N(C)C)cc2cnc(Nc3ccc(N4CCN(C)CC4)cc3)nc21.[HH]. The highest BCUT2D eigenvalue weighted by Crippen LogP contribution is 2.24. The largest absolute Gasteiger partial charge is 0.369 e. The maximum atomic E-state index is 13.4. The van der Waals surface area contributed by atoms with E-state index in [0.717, 1.165) is 44.7 Å². The second kappa shape index (κ2) is 10.4. The van der Waals surface area contributed by atoms with Gasteiger partial charge in [0.15, 0.2) is 0 Å². The molecule has 1 aromatic carbocycles. The van der Waals surface area contributed by atoms with Crippen molar-refractivity contribution in [3.63, 3.8) is 0 Å². The number of pyridine rings is 1. The lowest BCUT2D eigenvalue weighted by atomic mass is 10.1. The molecule has 1 aliphatic heterocycles. The first kappa shape index (κ1) is 24.7. The van der Waals surface area contributed by atoms with Crippen LogP contribution in [0.25, 0.3) is 11.0 Å². The highest BCUT2D eigenvalue weighted by atomic mass is 16.2. The highest BCUT2D eigenvalue weighted by molar-refractivity contribution is 5.96. The standard InChI is InChI=1S/C26H35N7O2.H2/c1-6-20(7-2)33-23-18(16-22(25(33)35)24(34)30(3)4)17-27-26(29-23)28-19-8-10-21(11-9-19)32-14-12-31(5)13-15-32;/h8-11,16-17,20H,6-7,12-15H2,1-5H3,(H,27,28,29);1H. The monoisotopic (exact) mass is 479 g/mol. The van der Waals surface area contributed by atoms with Crippen LogP contribution in [-0.2, 0) is 0 Å². The Morgan fingerprint density at radius 2 is 1.77 bits per heavy atom. The van der Waals surface area contributed by atoms with Crippen molar-refractivity contribution < 1.29 is 6.22 Å². The van der Waals surface area contributed by atoms with E-state index in [1.807, 2.05) is 26.0 Å². The number of hydrogen-bond acceptors (Lipinski definition) is 7. The first-order chi connectivity index (χ1) is 16.8. The topological polar surface area (TPSA) is 86.6 Å². The van der Waals surface area contributed by atoms with Crippen LogP contribution < -0.4 is 15.8 Å². The molecule has 188 valence electrons. The summed E-state index contributed by atoms with van der Waals surface area (Å²) in [6, 6.07) is 9.79. The van der Waals surface area contributed by atoms with E-state index in [0.29, 0.717) is 17.0 Å². The first-order valence-corrected chi connectivity index (χ1v) is 12.3. The van der Waals surface area contributed by atoms with E-state index < -0.39 is 0 Å². The normalized spacial score (nSPS) is 14.5. The number of fused-ring (bicyclic) bond motifs is 1. The summed E-state index contributed by atoms with van der Waals surface area (Å²) in [4.78, 5) is 41.4. The molecule has 1 N–H and O–H groups in total. The number of anilines is 3. The minimum atomic E-state index is -0.320. The number of aromatic nitrogens is 3. The predicted molar refractivity (Wildman–Crippen MR) is 143 cm³/mol. The number of piperazine rings is 1. The predicted octanol–water partition coefficient (Wildman–Crippen LogP) is 3.60. The van der Waals surface area contributed by atoms with Crippen LogP contribution in [0.15, 0.2) is 41.3 Å².